The zero-order valence-electron chi connectivity index (χ0n) is 5.81. The lowest BCUT2D eigenvalue weighted by Crippen LogP contribution is -1.85. The Morgan fingerprint density at radius 3 is 2.08 bits per heavy atom. The lowest BCUT2D eigenvalue weighted by molar-refractivity contribution is 0.615. The van der Waals surface area contributed by atoms with Gasteiger partial charge in [0.05, 0.1) is 25.1 Å². The molecule has 0 aliphatic rings. The first-order valence-corrected chi connectivity index (χ1v) is 6.18. The normalized spacial score (nSPS) is 11.1. The van der Waals surface area contributed by atoms with Gasteiger partial charge in [0.15, 0.2) is 5.82 Å². The highest BCUT2D eigenvalue weighted by Gasteiger charge is 2.17. The quantitative estimate of drug-likeness (QED) is 0.499. The monoisotopic (exact) mass is 388 g/mol. The number of rotatable bonds is 0. The number of fused-ring (bicyclic) bond motifs is 1. The van der Waals surface area contributed by atoms with Crippen molar-refractivity contribution in [3.05, 3.63) is 19.2 Å². The van der Waals surface area contributed by atoms with Crippen molar-refractivity contribution in [2.24, 2.45) is 0 Å². The van der Waals surface area contributed by atoms with E-state index >= 15 is 0 Å². The molecule has 0 aliphatic carbocycles. The van der Waals surface area contributed by atoms with Crippen molar-refractivity contribution in [3.8, 4) is 0 Å². The standard InChI is InChI=1S/C6Br3FN2S/c7-1-2(8)5-6(12-13-11-5)3(9)4(1)10. The molecule has 68 valence electrons. The van der Waals surface area contributed by atoms with E-state index in [1.54, 1.807) is 0 Å². The maximum atomic E-state index is 13.4. The first-order valence-electron chi connectivity index (χ1n) is 3.07. The van der Waals surface area contributed by atoms with E-state index in [9.17, 15) is 4.39 Å². The summed E-state index contributed by atoms with van der Waals surface area (Å²) in [6.45, 7) is 0. The number of nitrogens with zero attached hydrogens (tertiary/aromatic N) is 2. The summed E-state index contributed by atoms with van der Waals surface area (Å²) in [5.41, 5.74) is 1.20. The molecule has 0 amide bonds. The molecule has 2 rings (SSSR count). The molecule has 0 unspecified atom stereocenters. The number of halogens is 4. The second-order valence-corrected chi connectivity index (χ2v) is 5.12. The Morgan fingerprint density at radius 2 is 1.46 bits per heavy atom. The van der Waals surface area contributed by atoms with Crippen LogP contribution in [0.2, 0.25) is 0 Å². The third-order valence-electron chi connectivity index (χ3n) is 1.48. The molecule has 1 aromatic heterocycles. The molecule has 0 radical (unpaired) electrons. The minimum atomic E-state index is -0.368. The Labute approximate surface area is 102 Å². The molecule has 0 fully saturated rings. The fourth-order valence-electron chi connectivity index (χ4n) is 0.877. The summed E-state index contributed by atoms with van der Waals surface area (Å²) in [7, 11) is 0. The van der Waals surface area contributed by atoms with Gasteiger partial charge in [-0.15, -0.1) is 0 Å². The van der Waals surface area contributed by atoms with Gasteiger partial charge in [-0.2, -0.15) is 8.75 Å². The summed E-state index contributed by atoms with van der Waals surface area (Å²) in [5, 5.41) is 0. The largest absolute Gasteiger partial charge is 0.204 e. The second-order valence-electron chi connectivity index (χ2n) is 2.22. The summed E-state index contributed by atoms with van der Waals surface area (Å²) >= 11 is 10.5. The lowest BCUT2D eigenvalue weighted by Gasteiger charge is -2.00. The highest BCUT2D eigenvalue weighted by atomic mass is 79.9. The third kappa shape index (κ3) is 1.45. The molecule has 2 nitrogen and oxygen atoms in total. The van der Waals surface area contributed by atoms with Gasteiger partial charge < -0.3 is 0 Å². The second kappa shape index (κ2) is 3.52. The van der Waals surface area contributed by atoms with Crippen molar-refractivity contribution < 1.29 is 4.39 Å². The Bertz CT molecular complexity index is 442. The van der Waals surface area contributed by atoms with Crippen LogP contribution in [0.1, 0.15) is 0 Å². The van der Waals surface area contributed by atoms with Gasteiger partial charge in [0.25, 0.3) is 0 Å². The van der Waals surface area contributed by atoms with E-state index < -0.39 is 0 Å². The number of aromatic nitrogens is 2. The fourth-order valence-corrected chi connectivity index (χ4v) is 3.25. The van der Waals surface area contributed by atoms with Gasteiger partial charge in [-0.05, 0) is 47.8 Å². The van der Waals surface area contributed by atoms with Crippen LogP contribution in [0.4, 0.5) is 4.39 Å². The van der Waals surface area contributed by atoms with Crippen molar-refractivity contribution in [3.63, 3.8) is 0 Å². The van der Waals surface area contributed by atoms with Crippen molar-refractivity contribution >= 4 is 70.6 Å². The first kappa shape index (κ1) is 9.95. The Kier molecular flexibility index (Phi) is 2.70. The highest BCUT2D eigenvalue weighted by Crippen LogP contribution is 2.38. The van der Waals surface area contributed by atoms with Crippen LogP contribution >= 0.6 is 59.5 Å². The van der Waals surface area contributed by atoms with Gasteiger partial charge in [-0.25, -0.2) is 4.39 Å². The van der Waals surface area contributed by atoms with Gasteiger partial charge in [0.1, 0.15) is 11.0 Å². The molecule has 0 atom stereocenters. The maximum absolute atomic E-state index is 13.4. The van der Waals surface area contributed by atoms with Crippen molar-refractivity contribution in [1.29, 1.82) is 0 Å². The molecule has 13 heavy (non-hydrogen) atoms. The summed E-state index contributed by atoms with van der Waals surface area (Å²) < 4.78 is 22.7. The molecule has 0 saturated heterocycles. The fraction of sp³-hybridized carbons (Fsp3) is 0. The van der Waals surface area contributed by atoms with E-state index in [2.05, 4.69) is 56.5 Å². The van der Waals surface area contributed by atoms with Crippen molar-refractivity contribution in [2.75, 3.05) is 0 Å². The Balaban J connectivity index is 3.02. The minimum Gasteiger partial charge on any atom is -0.204 e. The summed E-state index contributed by atoms with van der Waals surface area (Å²) in [6.07, 6.45) is 0. The average molecular weight is 391 g/mol. The van der Waals surface area contributed by atoms with Crippen LogP contribution in [-0.2, 0) is 0 Å². The summed E-state index contributed by atoms with van der Waals surface area (Å²) in [6, 6.07) is 0. The van der Waals surface area contributed by atoms with Gasteiger partial charge in [0.2, 0.25) is 0 Å². The molecule has 0 bridgehead atoms. The van der Waals surface area contributed by atoms with E-state index in [-0.39, 0.29) is 5.82 Å². The van der Waals surface area contributed by atoms with Crippen LogP contribution in [0, 0.1) is 5.82 Å². The molecular weight excluding hydrogens is 391 g/mol. The van der Waals surface area contributed by atoms with Crippen molar-refractivity contribution in [2.45, 2.75) is 0 Å². The predicted octanol–water partition coefficient (Wildman–Crippen LogP) is 4.12. The summed E-state index contributed by atoms with van der Waals surface area (Å²) in [5.74, 6) is -0.368. The van der Waals surface area contributed by atoms with Gasteiger partial charge in [0, 0.05) is 0 Å². The summed E-state index contributed by atoms with van der Waals surface area (Å²) in [4.78, 5) is 0. The highest BCUT2D eigenvalue weighted by molar-refractivity contribution is 9.13. The van der Waals surface area contributed by atoms with Crippen LogP contribution in [0.15, 0.2) is 13.4 Å². The Hall–Kier alpha value is 0.410. The van der Waals surface area contributed by atoms with Crippen LogP contribution in [0.3, 0.4) is 0 Å². The van der Waals surface area contributed by atoms with E-state index in [4.69, 9.17) is 0 Å². The predicted molar refractivity (Wildman–Crippen MR) is 60.5 cm³/mol. The third-order valence-corrected chi connectivity index (χ3v) is 4.78. The molecule has 7 heteroatoms. The van der Waals surface area contributed by atoms with Gasteiger partial charge in [-0.1, -0.05) is 0 Å². The Morgan fingerprint density at radius 1 is 0.923 bits per heavy atom. The average Bonchev–Trinajstić information content (AvgIpc) is 2.59. The zero-order valence-corrected chi connectivity index (χ0v) is 11.4. The maximum Gasteiger partial charge on any atom is 0.155 e. The number of hydrogen-bond donors (Lipinski definition) is 0. The smallest absolute Gasteiger partial charge is 0.155 e. The number of hydrogen-bond acceptors (Lipinski definition) is 3. The van der Waals surface area contributed by atoms with Crippen LogP contribution in [0.5, 0.6) is 0 Å². The van der Waals surface area contributed by atoms with Crippen LogP contribution in [0.25, 0.3) is 11.0 Å². The van der Waals surface area contributed by atoms with Crippen LogP contribution < -0.4 is 0 Å². The van der Waals surface area contributed by atoms with Gasteiger partial charge in [-0.3, -0.25) is 0 Å². The van der Waals surface area contributed by atoms with E-state index in [1.165, 1.54) is 0 Å². The molecule has 0 N–H and O–H groups in total. The molecule has 2 aromatic rings. The number of benzene rings is 1. The molecule has 1 heterocycles. The zero-order chi connectivity index (χ0) is 9.59. The topological polar surface area (TPSA) is 25.8 Å². The van der Waals surface area contributed by atoms with Gasteiger partial charge >= 0.3 is 0 Å². The van der Waals surface area contributed by atoms with E-state index in [0.717, 1.165) is 11.7 Å². The molecule has 0 aliphatic heterocycles. The molecule has 0 spiro atoms. The minimum absolute atomic E-state index is 0.339. The SMILES string of the molecule is Fc1c(Br)c(Br)c2nsnc2c1Br. The lowest BCUT2D eigenvalue weighted by atomic mass is 10.3. The molecule has 1 aromatic carbocycles. The first-order chi connectivity index (χ1) is 6.13. The van der Waals surface area contributed by atoms with E-state index in [1.807, 2.05) is 0 Å². The van der Waals surface area contributed by atoms with Crippen molar-refractivity contribution in [1.82, 2.24) is 8.75 Å². The van der Waals surface area contributed by atoms with Crippen LogP contribution in [-0.4, -0.2) is 8.75 Å². The van der Waals surface area contributed by atoms with E-state index in [0.29, 0.717) is 24.5 Å². The molecule has 0 saturated carbocycles. The molecular formula is C6Br3FN2S.